The normalized spacial score (nSPS) is 9.89. The first-order chi connectivity index (χ1) is 8.67. The van der Waals surface area contributed by atoms with Gasteiger partial charge in [-0.2, -0.15) is 0 Å². The second kappa shape index (κ2) is 7.45. The molecule has 4 nitrogen and oxygen atoms in total. The van der Waals surface area contributed by atoms with E-state index in [2.05, 4.69) is 11.9 Å². The average molecular weight is 252 g/mol. The van der Waals surface area contributed by atoms with Gasteiger partial charge in [-0.1, -0.05) is 12.1 Å². The van der Waals surface area contributed by atoms with Crippen molar-refractivity contribution >= 4 is 5.91 Å². The van der Waals surface area contributed by atoms with Crippen LogP contribution in [0.5, 0.6) is 5.75 Å². The quantitative estimate of drug-likeness (QED) is 0.569. The van der Waals surface area contributed by atoms with Gasteiger partial charge in [-0.15, -0.1) is 6.58 Å². The molecule has 1 aromatic rings. The van der Waals surface area contributed by atoms with Crippen LogP contribution in [0.25, 0.3) is 0 Å². The van der Waals surface area contributed by atoms with Gasteiger partial charge in [0, 0.05) is 24.7 Å². The molecule has 0 aliphatic carbocycles. The largest absolute Gasteiger partial charge is 0.483 e. The number of hydrogen-bond donors (Lipinski definition) is 2. The van der Waals surface area contributed by atoms with Crippen LogP contribution in [0.15, 0.2) is 30.9 Å². The highest BCUT2D eigenvalue weighted by Crippen LogP contribution is 2.19. The van der Waals surface area contributed by atoms with Crippen LogP contribution in [0, 0.1) is 5.82 Å². The molecule has 18 heavy (non-hydrogen) atoms. The van der Waals surface area contributed by atoms with E-state index in [4.69, 9.17) is 10.5 Å². The number of hydrogen-bond acceptors (Lipinski definition) is 3. The van der Waals surface area contributed by atoms with Gasteiger partial charge in [-0.3, -0.25) is 4.79 Å². The predicted molar refractivity (Wildman–Crippen MR) is 67.6 cm³/mol. The van der Waals surface area contributed by atoms with Gasteiger partial charge in [0.1, 0.15) is 11.6 Å². The SMILES string of the molecule is C=CCCNC(=O)COc1cc(F)ccc1CN. The fourth-order valence-electron chi connectivity index (χ4n) is 1.34. The molecule has 1 rings (SSSR count). The van der Waals surface area contributed by atoms with Crippen molar-refractivity contribution in [3.63, 3.8) is 0 Å². The van der Waals surface area contributed by atoms with E-state index in [0.29, 0.717) is 24.3 Å². The molecule has 0 bridgehead atoms. The number of carbonyl (C=O) groups is 1. The summed E-state index contributed by atoms with van der Waals surface area (Å²) in [5.41, 5.74) is 6.15. The number of rotatable bonds is 7. The number of benzene rings is 1. The molecule has 0 atom stereocenters. The molecule has 1 amide bonds. The first kappa shape index (κ1) is 14.2. The predicted octanol–water partition coefficient (Wildman–Crippen LogP) is 1.36. The summed E-state index contributed by atoms with van der Waals surface area (Å²) in [5, 5.41) is 2.65. The third kappa shape index (κ3) is 4.55. The Labute approximate surface area is 106 Å². The van der Waals surface area contributed by atoms with Gasteiger partial charge in [0.05, 0.1) is 0 Å². The van der Waals surface area contributed by atoms with Crippen molar-refractivity contribution in [2.24, 2.45) is 5.73 Å². The van der Waals surface area contributed by atoms with E-state index in [1.807, 2.05) is 0 Å². The Balaban J connectivity index is 2.49. The number of amides is 1. The van der Waals surface area contributed by atoms with E-state index in [9.17, 15) is 9.18 Å². The van der Waals surface area contributed by atoms with Gasteiger partial charge in [-0.25, -0.2) is 4.39 Å². The van der Waals surface area contributed by atoms with E-state index < -0.39 is 5.82 Å². The maximum Gasteiger partial charge on any atom is 0.257 e. The van der Waals surface area contributed by atoms with Gasteiger partial charge < -0.3 is 15.8 Å². The topological polar surface area (TPSA) is 64.3 Å². The van der Waals surface area contributed by atoms with Crippen molar-refractivity contribution in [3.8, 4) is 5.75 Å². The average Bonchev–Trinajstić information content (AvgIpc) is 2.37. The van der Waals surface area contributed by atoms with Crippen LogP contribution in [-0.4, -0.2) is 19.1 Å². The van der Waals surface area contributed by atoms with E-state index >= 15 is 0 Å². The molecule has 0 saturated carbocycles. The van der Waals surface area contributed by atoms with Crippen LogP contribution in [0.2, 0.25) is 0 Å². The first-order valence-electron chi connectivity index (χ1n) is 5.66. The number of halogens is 1. The van der Waals surface area contributed by atoms with Crippen LogP contribution in [0.4, 0.5) is 4.39 Å². The fraction of sp³-hybridized carbons (Fsp3) is 0.308. The Hall–Kier alpha value is -1.88. The molecule has 0 aromatic heterocycles. The van der Waals surface area contributed by atoms with Gasteiger partial charge in [0.2, 0.25) is 0 Å². The van der Waals surface area contributed by atoms with Crippen molar-refractivity contribution in [1.82, 2.24) is 5.32 Å². The lowest BCUT2D eigenvalue weighted by Gasteiger charge is -2.10. The van der Waals surface area contributed by atoms with Gasteiger partial charge >= 0.3 is 0 Å². The number of nitrogens with two attached hydrogens (primary N) is 1. The molecule has 0 heterocycles. The van der Waals surface area contributed by atoms with Crippen LogP contribution >= 0.6 is 0 Å². The number of nitrogens with one attached hydrogen (secondary N) is 1. The Bertz CT molecular complexity index is 421. The minimum absolute atomic E-state index is 0.159. The molecule has 98 valence electrons. The summed E-state index contributed by atoms with van der Waals surface area (Å²) in [6, 6.07) is 4.07. The molecule has 0 saturated heterocycles. The summed E-state index contributed by atoms with van der Waals surface area (Å²) < 4.78 is 18.3. The standard InChI is InChI=1S/C13H17FN2O2/c1-2-3-6-16-13(17)9-18-12-7-11(14)5-4-10(12)8-15/h2,4-5,7H,1,3,6,8-9,15H2,(H,16,17). The summed E-state index contributed by atoms with van der Waals surface area (Å²) in [4.78, 5) is 11.4. The minimum atomic E-state index is -0.422. The van der Waals surface area contributed by atoms with Gasteiger partial charge in [0.15, 0.2) is 6.61 Å². The third-order valence-corrected chi connectivity index (χ3v) is 2.28. The molecular formula is C13H17FN2O2. The summed E-state index contributed by atoms with van der Waals surface area (Å²) in [6.45, 7) is 4.13. The Morgan fingerprint density at radius 3 is 3.00 bits per heavy atom. The van der Waals surface area contributed by atoms with E-state index in [0.717, 1.165) is 0 Å². The summed E-state index contributed by atoms with van der Waals surface area (Å²) in [7, 11) is 0. The molecule has 1 aromatic carbocycles. The molecule has 0 aliphatic heterocycles. The lowest BCUT2D eigenvalue weighted by Crippen LogP contribution is -2.29. The Morgan fingerprint density at radius 1 is 1.56 bits per heavy atom. The van der Waals surface area contributed by atoms with Crippen LogP contribution in [-0.2, 0) is 11.3 Å². The highest BCUT2D eigenvalue weighted by molar-refractivity contribution is 5.77. The summed E-state index contributed by atoms with van der Waals surface area (Å²) in [6.07, 6.45) is 2.40. The van der Waals surface area contributed by atoms with Crippen LogP contribution in [0.1, 0.15) is 12.0 Å². The molecule has 3 N–H and O–H groups in total. The summed E-state index contributed by atoms with van der Waals surface area (Å²) >= 11 is 0. The highest BCUT2D eigenvalue weighted by Gasteiger charge is 2.07. The van der Waals surface area contributed by atoms with E-state index in [1.165, 1.54) is 12.1 Å². The zero-order valence-electron chi connectivity index (χ0n) is 10.1. The van der Waals surface area contributed by atoms with E-state index in [-0.39, 0.29) is 19.1 Å². The molecule has 0 radical (unpaired) electrons. The Morgan fingerprint density at radius 2 is 2.33 bits per heavy atom. The van der Waals surface area contributed by atoms with Crippen LogP contribution < -0.4 is 15.8 Å². The molecule has 5 heteroatoms. The van der Waals surface area contributed by atoms with Gasteiger partial charge in [0.25, 0.3) is 5.91 Å². The van der Waals surface area contributed by atoms with Crippen molar-refractivity contribution in [1.29, 1.82) is 0 Å². The lowest BCUT2D eigenvalue weighted by atomic mass is 10.2. The lowest BCUT2D eigenvalue weighted by molar-refractivity contribution is -0.123. The first-order valence-corrected chi connectivity index (χ1v) is 5.66. The number of carbonyl (C=O) groups excluding carboxylic acids is 1. The molecule has 0 spiro atoms. The van der Waals surface area contributed by atoms with Crippen molar-refractivity contribution in [2.75, 3.05) is 13.2 Å². The second-order valence-corrected chi connectivity index (χ2v) is 3.67. The monoisotopic (exact) mass is 252 g/mol. The maximum absolute atomic E-state index is 13.0. The molecule has 0 aliphatic rings. The smallest absolute Gasteiger partial charge is 0.257 e. The zero-order valence-corrected chi connectivity index (χ0v) is 10.1. The highest BCUT2D eigenvalue weighted by atomic mass is 19.1. The third-order valence-electron chi connectivity index (χ3n) is 2.28. The second-order valence-electron chi connectivity index (χ2n) is 3.67. The Kier molecular flexibility index (Phi) is 5.87. The van der Waals surface area contributed by atoms with Gasteiger partial charge in [-0.05, 0) is 12.5 Å². The number of ether oxygens (including phenoxy) is 1. The van der Waals surface area contributed by atoms with Crippen molar-refractivity contribution < 1.29 is 13.9 Å². The van der Waals surface area contributed by atoms with Crippen LogP contribution in [0.3, 0.4) is 0 Å². The zero-order chi connectivity index (χ0) is 13.4. The molecule has 0 unspecified atom stereocenters. The van der Waals surface area contributed by atoms with Crippen molar-refractivity contribution in [2.45, 2.75) is 13.0 Å². The molecule has 0 fully saturated rings. The summed E-state index contributed by atoms with van der Waals surface area (Å²) in [5.74, 6) is -0.380. The van der Waals surface area contributed by atoms with E-state index in [1.54, 1.807) is 12.1 Å². The minimum Gasteiger partial charge on any atom is -0.483 e. The maximum atomic E-state index is 13.0. The molecular weight excluding hydrogens is 235 g/mol. The van der Waals surface area contributed by atoms with Crippen molar-refractivity contribution in [3.05, 3.63) is 42.2 Å². The fourth-order valence-corrected chi connectivity index (χ4v) is 1.34.